The number of nitriles is 2. The summed E-state index contributed by atoms with van der Waals surface area (Å²) < 4.78 is 5.55. The van der Waals surface area contributed by atoms with Gasteiger partial charge < -0.3 is 10.2 Å². The number of hydrogen-bond donors (Lipinski definition) is 1. The highest BCUT2D eigenvalue weighted by Gasteiger charge is 2.22. The van der Waals surface area contributed by atoms with Crippen molar-refractivity contribution in [3.8, 4) is 34.2 Å². The van der Waals surface area contributed by atoms with Crippen molar-refractivity contribution in [1.82, 2.24) is 15.0 Å². The first-order chi connectivity index (χ1) is 14.6. The molecule has 0 unspecified atom stereocenters. The van der Waals surface area contributed by atoms with Crippen molar-refractivity contribution < 1.29 is 4.42 Å². The lowest BCUT2D eigenvalue weighted by molar-refractivity contribution is 0.573. The first-order valence-electron chi connectivity index (χ1n) is 8.47. The molecule has 0 aliphatic heterocycles. The number of aromatic nitrogens is 3. The molecule has 0 bridgehead atoms. The molecule has 146 valence electrons. The zero-order chi connectivity index (χ0) is 21.1. The van der Waals surface area contributed by atoms with Gasteiger partial charge in [-0.25, -0.2) is 15.0 Å². The van der Waals surface area contributed by atoms with Gasteiger partial charge in [0.05, 0.1) is 16.8 Å². The minimum Gasteiger partial charge on any atom is -0.444 e. The van der Waals surface area contributed by atoms with E-state index in [1.54, 1.807) is 30.0 Å². The van der Waals surface area contributed by atoms with Crippen LogP contribution >= 0.6 is 34.7 Å². The summed E-state index contributed by atoms with van der Waals surface area (Å²) in [6.07, 6.45) is 3.16. The van der Waals surface area contributed by atoms with Gasteiger partial charge >= 0.3 is 0 Å². The molecule has 4 aromatic rings. The van der Waals surface area contributed by atoms with Gasteiger partial charge in [-0.2, -0.15) is 10.5 Å². The van der Waals surface area contributed by atoms with E-state index in [4.69, 9.17) is 21.8 Å². The summed E-state index contributed by atoms with van der Waals surface area (Å²) in [7, 11) is 0. The van der Waals surface area contributed by atoms with E-state index in [2.05, 4.69) is 21.0 Å². The first kappa shape index (κ1) is 19.9. The van der Waals surface area contributed by atoms with Gasteiger partial charge in [-0.3, -0.25) is 0 Å². The van der Waals surface area contributed by atoms with Crippen molar-refractivity contribution >= 4 is 40.5 Å². The fourth-order valence-electron chi connectivity index (χ4n) is 2.70. The molecule has 3 heterocycles. The number of pyridine rings is 1. The second-order valence-electron chi connectivity index (χ2n) is 5.93. The lowest BCUT2D eigenvalue weighted by Crippen LogP contribution is -2.03. The number of nitrogens with zero attached hydrogens (tertiary/aromatic N) is 5. The van der Waals surface area contributed by atoms with Crippen LogP contribution < -0.4 is 5.73 Å². The number of benzene rings is 1. The molecule has 0 atom stereocenters. The number of hydrogen-bond acceptors (Lipinski definition) is 9. The number of halogens is 1. The van der Waals surface area contributed by atoms with Crippen molar-refractivity contribution in [1.29, 1.82) is 10.5 Å². The summed E-state index contributed by atoms with van der Waals surface area (Å²) in [4.78, 5) is 13.0. The van der Waals surface area contributed by atoms with Crippen LogP contribution in [0.3, 0.4) is 0 Å². The number of nitrogens with two attached hydrogens (primary N) is 1. The van der Waals surface area contributed by atoms with Crippen LogP contribution in [-0.2, 0) is 5.75 Å². The van der Waals surface area contributed by atoms with Gasteiger partial charge in [0, 0.05) is 27.9 Å². The largest absolute Gasteiger partial charge is 0.444 e. The highest BCUT2D eigenvalue weighted by Crippen LogP contribution is 2.37. The number of rotatable bonds is 5. The average molecular weight is 451 g/mol. The number of thiazole rings is 1. The second kappa shape index (κ2) is 8.56. The molecule has 0 saturated carbocycles. The van der Waals surface area contributed by atoms with Crippen molar-refractivity contribution in [3.63, 3.8) is 0 Å². The number of thioether (sulfide) groups is 1. The maximum Gasteiger partial charge on any atom is 0.226 e. The quantitative estimate of drug-likeness (QED) is 0.414. The predicted octanol–water partition coefficient (Wildman–Crippen LogP) is 5.13. The van der Waals surface area contributed by atoms with E-state index in [1.165, 1.54) is 23.1 Å². The Morgan fingerprint density at radius 1 is 1.13 bits per heavy atom. The van der Waals surface area contributed by atoms with Crippen LogP contribution in [0.15, 0.2) is 51.5 Å². The monoisotopic (exact) mass is 450 g/mol. The summed E-state index contributed by atoms with van der Waals surface area (Å²) >= 11 is 8.53. The third-order valence-corrected chi connectivity index (χ3v) is 6.11. The smallest absolute Gasteiger partial charge is 0.226 e. The van der Waals surface area contributed by atoms with E-state index >= 15 is 0 Å². The summed E-state index contributed by atoms with van der Waals surface area (Å²) in [6, 6.07) is 11.4. The van der Waals surface area contributed by atoms with Gasteiger partial charge in [-0.1, -0.05) is 23.4 Å². The van der Waals surface area contributed by atoms with Gasteiger partial charge in [0.1, 0.15) is 39.8 Å². The molecule has 7 nitrogen and oxygen atoms in total. The van der Waals surface area contributed by atoms with Gasteiger partial charge in [-0.05, 0) is 24.3 Å². The molecule has 4 rings (SSSR count). The van der Waals surface area contributed by atoms with Crippen LogP contribution in [0.5, 0.6) is 0 Å². The van der Waals surface area contributed by atoms with E-state index < -0.39 is 0 Å². The third kappa shape index (κ3) is 3.87. The number of anilines is 1. The first-order valence-corrected chi connectivity index (χ1v) is 10.7. The van der Waals surface area contributed by atoms with E-state index in [9.17, 15) is 10.5 Å². The van der Waals surface area contributed by atoms with Crippen molar-refractivity contribution in [2.24, 2.45) is 0 Å². The summed E-state index contributed by atoms with van der Waals surface area (Å²) in [5.41, 5.74) is 8.31. The zero-order valence-corrected chi connectivity index (χ0v) is 17.6. The Labute approximate surface area is 184 Å². The van der Waals surface area contributed by atoms with Crippen molar-refractivity contribution in [2.45, 2.75) is 10.8 Å². The molecule has 0 amide bonds. The van der Waals surface area contributed by atoms with Crippen LogP contribution in [0.4, 0.5) is 5.82 Å². The maximum absolute atomic E-state index is 9.76. The molecule has 10 heteroatoms. The van der Waals surface area contributed by atoms with Gasteiger partial charge in [0.15, 0.2) is 0 Å². The van der Waals surface area contributed by atoms with E-state index in [0.717, 1.165) is 5.56 Å². The Kier molecular flexibility index (Phi) is 5.68. The molecule has 0 radical (unpaired) electrons. The number of oxazole rings is 1. The Morgan fingerprint density at radius 3 is 2.57 bits per heavy atom. The average Bonchev–Trinajstić information content (AvgIpc) is 3.44. The lowest BCUT2D eigenvalue weighted by Gasteiger charge is -2.10. The van der Waals surface area contributed by atoms with Crippen molar-refractivity contribution in [3.05, 3.63) is 63.9 Å². The standard InChI is InChI=1S/C20H11ClN6OS2/c21-12-3-1-11(2-4-12)18-26-13(9-28-18)10-30-19-15(8-23)16(20-25-5-6-29-20)14(7-22)17(24)27-19/h1-6,9H,10H2,(H2,24,27). The van der Waals surface area contributed by atoms with Gasteiger partial charge in [0.25, 0.3) is 0 Å². The molecule has 0 saturated heterocycles. The highest BCUT2D eigenvalue weighted by molar-refractivity contribution is 7.98. The topological polar surface area (TPSA) is 125 Å². The Balaban J connectivity index is 1.64. The maximum atomic E-state index is 9.76. The summed E-state index contributed by atoms with van der Waals surface area (Å²) in [5, 5.41) is 22.6. The highest BCUT2D eigenvalue weighted by atomic mass is 35.5. The minimum atomic E-state index is 0.0613. The molecule has 0 spiro atoms. The predicted molar refractivity (Wildman–Crippen MR) is 116 cm³/mol. The van der Waals surface area contributed by atoms with Crippen LogP contribution in [0.25, 0.3) is 22.0 Å². The molecule has 30 heavy (non-hydrogen) atoms. The van der Waals surface area contributed by atoms with E-state index in [-0.39, 0.29) is 16.9 Å². The molecule has 1 aromatic carbocycles. The van der Waals surface area contributed by atoms with Crippen LogP contribution in [0.1, 0.15) is 16.8 Å². The van der Waals surface area contributed by atoms with E-state index in [0.29, 0.717) is 38.0 Å². The zero-order valence-electron chi connectivity index (χ0n) is 15.2. The molecule has 0 fully saturated rings. The minimum absolute atomic E-state index is 0.0613. The number of nitrogen functional groups attached to an aromatic ring is 1. The Hall–Kier alpha value is -3.37. The molecule has 2 N–H and O–H groups in total. The second-order valence-corrected chi connectivity index (χ2v) is 8.22. The fraction of sp³-hybridized carbons (Fsp3) is 0.0500. The Bertz CT molecular complexity index is 1290. The van der Waals surface area contributed by atoms with Gasteiger partial charge in [-0.15, -0.1) is 11.3 Å². The molecule has 0 aliphatic carbocycles. The Morgan fingerprint density at radius 2 is 1.90 bits per heavy atom. The van der Waals surface area contributed by atoms with Crippen molar-refractivity contribution in [2.75, 3.05) is 5.73 Å². The van der Waals surface area contributed by atoms with Crippen LogP contribution in [-0.4, -0.2) is 15.0 Å². The molecular formula is C20H11ClN6OS2. The normalized spacial score (nSPS) is 10.5. The van der Waals surface area contributed by atoms with Crippen LogP contribution in [0.2, 0.25) is 5.02 Å². The van der Waals surface area contributed by atoms with E-state index in [1.807, 2.05) is 18.2 Å². The molecule has 0 aliphatic rings. The molecule has 3 aromatic heterocycles. The third-order valence-electron chi connectivity index (χ3n) is 4.06. The van der Waals surface area contributed by atoms with Crippen LogP contribution in [0, 0.1) is 22.7 Å². The van der Waals surface area contributed by atoms with Gasteiger partial charge in [0.2, 0.25) is 5.89 Å². The molecular weight excluding hydrogens is 440 g/mol. The lowest BCUT2D eigenvalue weighted by atomic mass is 10.1. The summed E-state index contributed by atoms with van der Waals surface area (Å²) in [5.74, 6) is 0.936. The SMILES string of the molecule is N#Cc1c(N)nc(SCc2coc(-c3ccc(Cl)cc3)n2)c(C#N)c1-c1nccs1. The fourth-order valence-corrected chi connectivity index (χ4v) is 4.40. The summed E-state index contributed by atoms with van der Waals surface area (Å²) in [6.45, 7) is 0.